The van der Waals surface area contributed by atoms with E-state index in [1.165, 1.54) is 0 Å². The first-order valence-corrected chi connectivity index (χ1v) is 4.93. The lowest BCUT2D eigenvalue weighted by Gasteiger charge is -2.11. The highest BCUT2D eigenvalue weighted by Crippen LogP contribution is 2.05. The second-order valence-electron chi connectivity index (χ2n) is 2.87. The third-order valence-corrected chi connectivity index (χ3v) is 1.81. The quantitative estimate of drug-likeness (QED) is 0.816. The second-order valence-corrected chi connectivity index (χ2v) is 3.31. The Balaban J connectivity index is 2.34. The highest BCUT2D eigenvalue weighted by molar-refractivity contribution is 6.30. The van der Waals surface area contributed by atoms with Gasteiger partial charge in [-0.25, -0.2) is 9.97 Å². The first kappa shape index (κ1) is 11.2. The molecule has 0 spiro atoms. The average Bonchev–Trinajstić information content (AvgIpc) is 2.17. The summed E-state index contributed by atoms with van der Waals surface area (Å²) in [6.45, 7) is 5.36. The maximum absolute atomic E-state index is 5.65. The summed E-state index contributed by atoms with van der Waals surface area (Å²) in [5, 5.41) is 3.59. The zero-order valence-electron chi connectivity index (χ0n) is 8.33. The van der Waals surface area contributed by atoms with Crippen molar-refractivity contribution in [1.82, 2.24) is 9.97 Å². The smallest absolute Gasteiger partial charge is 0.222 e. The Morgan fingerprint density at radius 2 is 2.14 bits per heavy atom. The molecule has 1 atom stereocenters. The summed E-state index contributed by atoms with van der Waals surface area (Å²) in [5.41, 5.74) is 0. The predicted molar refractivity (Wildman–Crippen MR) is 56.6 cm³/mol. The molecule has 1 unspecified atom stereocenters. The number of ether oxygens (including phenoxy) is 1. The van der Waals surface area contributed by atoms with E-state index in [1.807, 2.05) is 13.8 Å². The van der Waals surface area contributed by atoms with E-state index in [9.17, 15) is 0 Å². The number of hydrogen-bond acceptors (Lipinski definition) is 4. The van der Waals surface area contributed by atoms with E-state index < -0.39 is 0 Å². The molecular weight excluding hydrogens is 202 g/mol. The van der Waals surface area contributed by atoms with Crippen LogP contribution in [0.5, 0.6) is 0 Å². The Morgan fingerprint density at radius 3 is 2.71 bits per heavy atom. The molecule has 0 amide bonds. The molecule has 1 N–H and O–H groups in total. The van der Waals surface area contributed by atoms with Crippen LogP contribution in [0.25, 0.3) is 0 Å². The first-order valence-electron chi connectivity index (χ1n) is 4.55. The van der Waals surface area contributed by atoms with Gasteiger partial charge in [0, 0.05) is 13.2 Å². The first-order chi connectivity index (χ1) is 6.72. The highest BCUT2D eigenvalue weighted by Gasteiger charge is 2.01. The molecule has 1 aromatic heterocycles. The zero-order chi connectivity index (χ0) is 10.4. The lowest BCUT2D eigenvalue weighted by atomic mass is 10.4. The summed E-state index contributed by atoms with van der Waals surface area (Å²) in [6.07, 6.45) is 3.27. The number of rotatable bonds is 5. The summed E-state index contributed by atoms with van der Waals surface area (Å²) in [7, 11) is 0. The third kappa shape index (κ3) is 3.89. The minimum Gasteiger partial charge on any atom is -0.377 e. The Bertz CT molecular complexity index is 265. The normalized spacial score (nSPS) is 12.5. The Morgan fingerprint density at radius 1 is 1.50 bits per heavy atom. The van der Waals surface area contributed by atoms with Crippen LogP contribution in [0.4, 0.5) is 5.95 Å². The molecule has 0 saturated heterocycles. The number of nitrogens with one attached hydrogen (secondary N) is 1. The maximum Gasteiger partial charge on any atom is 0.222 e. The minimum atomic E-state index is 0.152. The van der Waals surface area contributed by atoms with Crippen molar-refractivity contribution < 1.29 is 4.74 Å². The molecule has 1 heterocycles. The fourth-order valence-electron chi connectivity index (χ4n) is 0.982. The van der Waals surface area contributed by atoms with Gasteiger partial charge in [-0.05, 0) is 13.8 Å². The van der Waals surface area contributed by atoms with E-state index in [-0.39, 0.29) is 6.10 Å². The molecule has 0 aliphatic heterocycles. The van der Waals surface area contributed by atoms with Gasteiger partial charge in [-0.2, -0.15) is 0 Å². The third-order valence-electron chi connectivity index (χ3n) is 1.62. The summed E-state index contributed by atoms with van der Waals surface area (Å²) in [6, 6.07) is 0. The average molecular weight is 216 g/mol. The van der Waals surface area contributed by atoms with Crippen LogP contribution >= 0.6 is 11.6 Å². The van der Waals surface area contributed by atoms with Crippen LogP contribution in [-0.4, -0.2) is 29.2 Å². The van der Waals surface area contributed by atoms with Gasteiger partial charge >= 0.3 is 0 Å². The summed E-state index contributed by atoms with van der Waals surface area (Å²) in [4.78, 5) is 8.00. The molecule has 5 heteroatoms. The number of anilines is 1. The van der Waals surface area contributed by atoms with Crippen molar-refractivity contribution in [2.24, 2.45) is 0 Å². The van der Waals surface area contributed by atoms with Crippen molar-refractivity contribution in [1.29, 1.82) is 0 Å². The topological polar surface area (TPSA) is 47.0 Å². The molecular formula is C9H14ClN3O. The molecule has 0 aliphatic carbocycles. The molecule has 0 aromatic carbocycles. The van der Waals surface area contributed by atoms with E-state index >= 15 is 0 Å². The van der Waals surface area contributed by atoms with Gasteiger partial charge in [0.25, 0.3) is 0 Å². The van der Waals surface area contributed by atoms with Crippen LogP contribution < -0.4 is 5.32 Å². The SMILES string of the molecule is CCOC(C)CNc1ncc(Cl)cn1. The van der Waals surface area contributed by atoms with Gasteiger partial charge < -0.3 is 10.1 Å². The van der Waals surface area contributed by atoms with Gasteiger partial charge in [0.1, 0.15) is 0 Å². The van der Waals surface area contributed by atoms with Gasteiger partial charge in [-0.15, -0.1) is 0 Å². The van der Waals surface area contributed by atoms with Crippen LogP contribution in [0.2, 0.25) is 5.02 Å². The molecule has 0 fully saturated rings. The van der Waals surface area contributed by atoms with Gasteiger partial charge in [0.2, 0.25) is 5.95 Å². The fourth-order valence-corrected chi connectivity index (χ4v) is 1.08. The van der Waals surface area contributed by atoms with E-state index in [2.05, 4.69) is 15.3 Å². The maximum atomic E-state index is 5.65. The Labute approximate surface area is 88.7 Å². The summed E-state index contributed by atoms with van der Waals surface area (Å²) in [5.74, 6) is 0.570. The van der Waals surface area contributed by atoms with Crippen molar-refractivity contribution in [3.63, 3.8) is 0 Å². The largest absolute Gasteiger partial charge is 0.377 e. The number of hydrogen-bond donors (Lipinski definition) is 1. The lowest BCUT2D eigenvalue weighted by molar-refractivity contribution is 0.0854. The standard InChI is InChI=1S/C9H14ClN3O/c1-3-14-7(2)4-11-9-12-5-8(10)6-13-9/h5-7H,3-4H2,1-2H3,(H,11,12,13). The molecule has 0 bridgehead atoms. The summed E-state index contributed by atoms with van der Waals surface area (Å²) < 4.78 is 5.34. The summed E-state index contributed by atoms with van der Waals surface area (Å²) >= 11 is 5.65. The van der Waals surface area contributed by atoms with Gasteiger partial charge in [-0.1, -0.05) is 11.6 Å². The number of halogens is 1. The van der Waals surface area contributed by atoms with Crippen LogP contribution in [0.3, 0.4) is 0 Å². The van der Waals surface area contributed by atoms with Crippen LogP contribution in [-0.2, 0) is 4.74 Å². The van der Waals surface area contributed by atoms with Gasteiger partial charge in [0.05, 0.1) is 23.5 Å². The van der Waals surface area contributed by atoms with Gasteiger partial charge in [-0.3, -0.25) is 0 Å². The zero-order valence-corrected chi connectivity index (χ0v) is 9.08. The fraction of sp³-hybridized carbons (Fsp3) is 0.556. The van der Waals surface area contributed by atoms with E-state index in [1.54, 1.807) is 12.4 Å². The molecule has 78 valence electrons. The highest BCUT2D eigenvalue weighted by atomic mass is 35.5. The van der Waals surface area contributed by atoms with E-state index in [4.69, 9.17) is 16.3 Å². The van der Waals surface area contributed by atoms with Gasteiger partial charge in [0.15, 0.2) is 0 Å². The van der Waals surface area contributed by atoms with Crippen molar-refractivity contribution in [3.8, 4) is 0 Å². The predicted octanol–water partition coefficient (Wildman–Crippen LogP) is 1.97. The van der Waals surface area contributed by atoms with Crippen molar-refractivity contribution >= 4 is 17.5 Å². The molecule has 1 aromatic rings. The molecule has 14 heavy (non-hydrogen) atoms. The second kappa shape index (κ2) is 5.78. The molecule has 0 saturated carbocycles. The van der Waals surface area contributed by atoms with Crippen LogP contribution in [0.15, 0.2) is 12.4 Å². The van der Waals surface area contributed by atoms with Crippen LogP contribution in [0.1, 0.15) is 13.8 Å². The number of nitrogens with zero attached hydrogens (tertiary/aromatic N) is 2. The molecule has 0 aliphatic rings. The lowest BCUT2D eigenvalue weighted by Crippen LogP contribution is -2.20. The van der Waals surface area contributed by atoms with E-state index in [0.717, 1.165) is 0 Å². The Kier molecular flexibility index (Phi) is 4.62. The monoisotopic (exact) mass is 215 g/mol. The van der Waals surface area contributed by atoms with Crippen molar-refractivity contribution in [3.05, 3.63) is 17.4 Å². The minimum absolute atomic E-state index is 0.152. The molecule has 1 rings (SSSR count). The van der Waals surface area contributed by atoms with E-state index in [0.29, 0.717) is 24.1 Å². The van der Waals surface area contributed by atoms with Crippen molar-refractivity contribution in [2.75, 3.05) is 18.5 Å². The number of aromatic nitrogens is 2. The molecule has 0 radical (unpaired) electrons. The van der Waals surface area contributed by atoms with Crippen molar-refractivity contribution in [2.45, 2.75) is 20.0 Å². The van der Waals surface area contributed by atoms with Crippen LogP contribution in [0, 0.1) is 0 Å². The molecule has 4 nitrogen and oxygen atoms in total. The Hall–Kier alpha value is -0.870.